The summed E-state index contributed by atoms with van der Waals surface area (Å²) in [6.07, 6.45) is 0.894. The lowest BCUT2D eigenvalue weighted by Gasteiger charge is -2.18. The van der Waals surface area contributed by atoms with Crippen LogP contribution in [0, 0.1) is 0 Å². The van der Waals surface area contributed by atoms with E-state index in [2.05, 4.69) is 32.2 Å². The van der Waals surface area contributed by atoms with Gasteiger partial charge in [-0.3, -0.25) is 0 Å². The minimum atomic E-state index is 0.409. The van der Waals surface area contributed by atoms with Gasteiger partial charge in [-0.05, 0) is 23.6 Å². The molecular formula is C11H9BrN2O2. The van der Waals surface area contributed by atoms with Gasteiger partial charge in [0.15, 0.2) is 0 Å². The van der Waals surface area contributed by atoms with Gasteiger partial charge in [-0.1, -0.05) is 12.1 Å². The third kappa shape index (κ3) is 1.66. The van der Waals surface area contributed by atoms with Crippen LogP contribution in [-0.2, 0) is 17.8 Å². The Hall–Kier alpha value is -1.20. The van der Waals surface area contributed by atoms with Crippen LogP contribution in [0.25, 0.3) is 11.5 Å². The molecule has 0 unspecified atom stereocenters. The molecule has 0 amide bonds. The van der Waals surface area contributed by atoms with Crippen LogP contribution >= 0.6 is 15.9 Å². The molecule has 1 aromatic heterocycles. The number of benzene rings is 1. The number of rotatable bonds is 1. The normalized spacial score (nSPS) is 14.8. The number of hydrogen-bond acceptors (Lipinski definition) is 4. The van der Waals surface area contributed by atoms with E-state index >= 15 is 0 Å². The fraction of sp³-hybridized carbons (Fsp3) is 0.273. The fourth-order valence-corrected chi connectivity index (χ4v) is 2.17. The first-order valence-corrected chi connectivity index (χ1v) is 5.82. The molecule has 0 fully saturated rings. The standard InChI is InChI=1S/C11H9BrN2O2/c12-11-14-13-10(16-11)9-3-1-2-7-6-15-5-4-8(7)9/h1-3H,4-6H2. The van der Waals surface area contributed by atoms with Gasteiger partial charge >= 0.3 is 0 Å². The maximum Gasteiger partial charge on any atom is 0.285 e. The van der Waals surface area contributed by atoms with Gasteiger partial charge in [-0.2, -0.15) is 0 Å². The van der Waals surface area contributed by atoms with Crippen LogP contribution in [0.1, 0.15) is 11.1 Å². The van der Waals surface area contributed by atoms with Crippen LogP contribution in [0.2, 0.25) is 0 Å². The molecule has 1 aromatic carbocycles. The van der Waals surface area contributed by atoms with Gasteiger partial charge in [0.25, 0.3) is 4.80 Å². The Morgan fingerprint density at radius 2 is 2.19 bits per heavy atom. The topological polar surface area (TPSA) is 48.2 Å². The number of fused-ring (bicyclic) bond motifs is 1. The molecule has 1 aliphatic heterocycles. The molecule has 0 bridgehead atoms. The Bertz CT molecular complexity index is 524. The molecule has 0 spiro atoms. The third-order valence-corrected chi connectivity index (χ3v) is 2.98. The van der Waals surface area contributed by atoms with E-state index in [1.54, 1.807) is 0 Å². The van der Waals surface area contributed by atoms with Crippen molar-refractivity contribution in [3.8, 4) is 11.5 Å². The van der Waals surface area contributed by atoms with Gasteiger partial charge in [0.2, 0.25) is 5.89 Å². The molecule has 0 saturated heterocycles. The van der Waals surface area contributed by atoms with Crippen molar-refractivity contribution in [2.75, 3.05) is 6.61 Å². The summed E-state index contributed by atoms with van der Waals surface area (Å²) in [6.45, 7) is 1.41. The van der Waals surface area contributed by atoms with Crippen molar-refractivity contribution in [2.24, 2.45) is 0 Å². The fourth-order valence-electron chi connectivity index (χ4n) is 1.94. The van der Waals surface area contributed by atoms with E-state index < -0.39 is 0 Å². The van der Waals surface area contributed by atoms with Gasteiger partial charge in [0, 0.05) is 21.5 Å². The van der Waals surface area contributed by atoms with E-state index in [-0.39, 0.29) is 0 Å². The number of ether oxygens (including phenoxy) is 1. The number of nitrogens with zero attached hydrogens (tertiary/aromatic N) is 2. The first kappa shape index (κ1) is 9.99. The smallest absolute Gasteiger partial charge is 0.285 e. The molecule has 0 N–H and O–H groups in total. The number of hydrogen-bond donors (Lipinski definition) is 0. The largest absolute Gasteiger partial charge is 0.411 e. The summed E-state index contributed by atoms with van der Waals surface area (Å²) in [4.78, 5) is 0.409. The monoisotopic (exact) mass is 280 g/mol. The summed E-state index contributed by atoms with van der Waals surface area (Å²) >= 11 is 3.16. The Labute approximate surface area is 101 Å². The first-order valence-electron chi connectivity index (χ1n) is 5.02. The highest BCUT2D eigenvalue weighted by atomic mass is 79.9. The molecule has 82 valence electrons. The lowest BCUT2D eigenvalue weighted by atomic mass is 9.97. The van der Waals surface area contributed by atoms with Crippen molar-refractivity contribution < 1.29 is 9.15 Å². The molecule has 0 saturated carbocycles. The third-order valence-electron chi connectivity index (χ3n) is 2.66. The highest BCUT2D eigenvalue weighted by molar-refractivity contribution is 9.10. The quantitative estimate of drug-likeness (QED) is 0.806. The van der Waals surface area contributed by atoms with Crippen LogP contribution < -0.4 is 0 Å². The predicted molar refractivity (Wildman–Crippen MR) is 60.8 cm³/mol. The average molecular weight is 281 g/mol. The highest BCUT2D eigenvalue weighted by Crippen LogP contribution is 2.29. The maximum absolute atomic E-state index is 5.42. The Balaban J connectivity index is 2.13. The molecule has 4 nitrogen and oxygen atoms in total. The second kappa shape index (κ2) is 3.99. The van der Waals surface area contributed by atoms with Gasteiger partial charge in [-0.25, -0.2) is 0 Å². The summed E-state index contributed by atoms with van der Waals surface area (Å²) in [5.41, 5.74) is 3.47. The lowest BCUT2D eigenvalue weighted by Crippen LogP contribution is -2.10. The van der Waals surface area contributed by atoms with Gasteiger partial charge < -0.3 is 9.15 Å². The predicted octanol–water partition coefficient (Wildman–Crippen LogP) is 2.57. The molecule has 3 rings (SSSR count). The van der Waals surface area contributed by atoms with Gasteiger partial charge in [-0.15, -0.1) is 10.2 Å². The highest BCUT2D eigenvalue weighted by Gasteiger charge is 2.17. The van der Waals surface area contributed by atoms with E-state index in [1.807, 2.05) is 12.1 Å². The minimum absolute atomic E-state index is 0.409. The lowest BCUT2D eigenvalue weighted by molar-refractivity contribution is 0.111. The molecule has 0 aliphatic carbocycles. The van der Waals surface area contributed by atoms with E-state index in [4.69, 9.17) is 9.15 Å². The van der Waals surface area contributed by atoms with E-state index in [9.17, 15) is 0 Å². The Morgan fingerprint density at radius 1 is 1.25 bits per heavy atom. The second-order valence-electron chi connectivity index (χ2n) is 3.61. The van der Waals surface area contributed by atoms with Crippen LogP contribution in [-0.4, -0.2) is 16.8 Å². The van der Waals surface area contributed by atoms with Crippen molar-refractivity contribution in [3.05, 3.63) is 34.1 Å². The zero-order valence-electron chi connectivity index (χ0n) is 8.44. The van der Waals surface area contributed by atoms with Crippen LogP contribution in [0.3, 0.4) is 0 Å². The van der Waals surface area contributed by atoms with Crippen molar-refractivity contribution >= 4 is 15.9 Å². The van der Waals surface area contributed by atoms with Crippen molar-refractivity contribution in [1.29, 1.82) is 0 Å². The summed E-state index contributed by atoms with van der Waals surface area (Å²) < 4.78 is 10.8. The SMILES string of the molecule is Brc1nnc(-c2cccc3c2CCOC3)o1. The zero-order chi connectivity index (χ0) is 11.0. The summed E-state index contributed by atoms with van der Waals surface area (Å²) in [6, 6.07) is 6.06. The van der Waals surface area contributed by atoms with Crippen LogP contribution in [0.5, 0.6) is 0 Å². The molecule has 2 heterocycles. The molecule has 1 aliphatic rings. The van der Waals surface area contributed by atoms with E-state index in [1.165, 1.54) is 11.1 Å². The second-order valence-corrected chi connectivity index (χ2v) is 4.28. The zero-order valence-corrected chi connectivity index (χ0v) is 10.0. The first-order chi connectivity index (χ1) is 7.84. The molecule has 2 aromatic rings. The summed E-state index contributed by atoms with van der Waals surface area (Å²) in [7, 11) is 0. The average Bonchev–Trinajstić information content (AvgIpc) is 2.75. The van der Waals surface area contributed by atoms with Crippen molar-refractivity contribution in [1.82, 2.24) is 10.2 Å². The number of aromatic nitrogens is 2. The van der Waals surface area contributed by atoms with E-state index in [0.29, 0.717) is 17.3 Å². The van der Waals surface area contributed by atoms with Crippen molar-refractivity contribution in [2.45, 2.75) is 13.0 Å². The van der Waals surface area contributed by atoms with Gasteiger partial charge in [0.05, 0.1) is 13.2 Å². The Kier molecular flexibility index (Phi) is 2.49. The van der Waals surface area contributed by atoms with Crippen molar-refractivity contribution in [3.63, 3.8) is 0 Å². The minimum Gasteiger partial charge on any atom is -0.411 e. The molecular weight excluding hydrogens is 272 g/mol. The Morgan fingerprint density at radius 3 is 3.00 bits per heavy atom. The molecule has 0 atom stereocenters. The number of halogens is 1. The summed E-state index contributed by atoms with van der Waals surface area (Å²) in [5.74, 6) is 0.561. The van der Waals surface area contributed by atoms with Gasteiger partial charge in [0.1, 0.15) is 0 Å². The molecule has 0 radical (unpaired) electrons. The van der Waals surface area contributed by atoms with Crippen LogP contribution in [0.4, 0.5) is 0 Å². The van der Waals surface area contributed by atoms with E-state index in [0.717, 1.165) is 18.6 Å². The molecule has 5 heteroatoms. The summed E-state index contributed by atoms with van der Waals surface area (Å²) in [5, 5.41) is 7.80. The molecule has 16 heavy (non-hydrogen) atoms. The van der Waals surface area contributed by atoms with Crippen LogP contribution in [0.15, 0.2) is 27.4 Å². The maximum atomic E-state index is 5.42.